The Hall–Kier alpha value is -3.02. The largest absolute Gasteiger partial charge is 0.462 e. The number of hydrogen-bond donors (Lipinski definition) is 2. The third kappa shape index (κ3) is 5.67. The molecule has 0 aliphatic carbocycles. The summed E-state index contributed by atoms with van der Waals surface area (Å²) in [6.07, 6.45) is 6.10. The highest BCUT2D eigenvalue weighted by Crippen LogP contribution is 2.32. The molecular weight excluding hydrogens is 412 g/mol. The highest BCUT2D eigenvalue weighted by atomic mass is 16.5. The van der Waals surface area contributed by atoms with Crippen LogP contribution in [0, 0.1) is 5.92 Å². The van der Waals surface area contributed by atoms with Crippen molar-refractivity contribution in [2.45, 2.75) is 37.2 Å². The molecule has 0 spiro atoms. The van der Waals surface area contributed by atoms with Crippen molar-refractivity contribution in [3.63, 3.8) is 0 Å². The molecule has 0 bridgehead atoms. The van der Waals surface area contributed by atoms with Crippen molar-refractivity contribution in [3.8, 4) is 0 Å². The molecule has 1 aliphatic rings. The molecule has 172 valence electrons. The molecule has 1 saturated heterocycles. The van der Waals surface area contributed by atoms with Crippen LogP contribution in [0.25, 0.3) is 0 Å². The SMILES string of the molecule is O=C(OCC(CCC1CCNCC1)c1ccccn1)C(O)(c1ccccc1)c1ccccc1. The second-order valence-electron chi connectivity index (χ2n) is 8.76. The van der Waals surface area contributed by atoms with E-state index < -0.39 is 11.6 Å². The number of carbonyl (C=O) groups excluding carboxylic acids is 1. The first-order chi connectivity index (χ1) is 16.2. The van der Waals surface area contributed by atoms with Gasteiger partial charge in [0.1, 0.15) is 0 Å². The zero-order chi connectivity index (χ0) is 22.9. The summed E-state index contributed by atoms with van der Waals surface area (Å²) in [6.45, 7) is 2.31. The first-order valence-corrected chi connectivity index (χ1v) is 11.8. The summed E-state index contributed by atoms with van der Waals surface area (Å²) in [5, 5.41) is 15.1. The fourth-order valence-electron chi connectivity index (χ4n) is 4.58. The van der Waals surface area contributed by atoms with Crippen LogP contribution >= 0.6 is 0 Å². The second-order valence-corrected chi connectivity index (χ2v) is 8.76. The van der Waals surface area contributed by atoms with Crippen molar-refractivity contribution < 1.29 is 14.6 Å². The van der Waals surface area contributed by atoms with Gasteiger partial charge in [-0.15, -0.1) is 0 Å². The topological polar surface area (TPSA) is 71.5 Å². The average Bonchev–Trinajstić information content (AvgIpc) is 2.90. The zero-order valence-electron chi connectivity index (χ0n) is 18.9. The summed E-state index contributed by atoms with van der Waals surface area (Å²) in [5.74, 6) is 0.00210. The van der Waals surface area contributed by atoms with E-state index in [9.17, 15) is 9.90 Å². The van der Waals surface area contributed by atoms with Crippen molar-refractivity contribution in [1.82, 2.24) is 10.3 Å². The van der Waals surface area contributed by atoms with Crippen LogP contribution in [0.1, 0.15) is 48.4 Å². The number of benzene rings is 2. The molecule has 3 aromatic rings. The molecule has 2 heterocycles. The Labute approximate surface area is 195 Å². The first-order valence-electron chi connectivity index (χ1n) is 11.8. The van der Waals surface area contributed by atoms with Crippen molar-refractivity contribution >= 4 is 5.97 Å². The molecular formula is C28H32N2O3. The van der Waals surface area contributed by atoms with Crippen LogP contribution in [-0.4, -0.2) is 35.8 Å². The van der Waals surface area contributed by atoms with E-state index in [0.29, 0.717) is 17.0 Å². The molecule has 2 N–H and O–H groups in total. The molecule has 2 aromatic carbocycles. The Morgan fingerprint density at radius 1 is 0.970 bits per heavy atom. The molecule has 0 amide bonds. The minimum atomic E-state index is -1.87. The maximum absolute atomic E-state index is 13.4. The Morgan fingerprint density at radius 2 is 1.58 bits per heavy atom. The number of rotatable bonds is 9. The van der Waals surface area contributed by atoms with E-state index in [-0.39, 0.29) is 12.5 Å². The van der Waals surface area contributed by atoms with Crippen LogP contribution in [-0.2, 0) is 15.1 Å². The highest BCUT2D eigenvalue weighted by molar-refractivity contribution is 5.85. The normalized spacial score (nSPS) is 15.7. The van der Waals surface area contributed by atoms with Gasteiger partial charge in [-0.1, -0.05) is 66.7 Å². The van der Waals surface area contributed by atoms with Crippen LogP contribution in [0.2, 0.25) is 0 Å². The summed E-state index contributed by atoms with van der Waals surface area (Å²) >= 11 is 0. The quantitative estimate of drug-likeness (QED) is 0.478. The van der Waals surface area contributed by atoms with Gasteiger partial charge in [0.2, 0.25) is 5.60 Å². The van der Waals surface area contributed by atoms with E-state index in [1.54, 1.807) is 30.5 Å². The van der Waals surface area contributed by atoms with Crippen molar-refractivity contribution in [2.75, 3.05) is 19.7 Å². The van der Waals surface area contributed by atoms with Gasteiger partial charge in [0.15, 0.2) is 0 Å². The number of nitrogens with zero attached hydrogens (tertiary/aromatic N) is 1. The van der Waals surface area contributed by atoms with Gasteiger partial charge >= 0.3 is 5.97 Å². The second kappa shape index (κ2) is 11.2. The minimum absolute atomic E-state index is 0.0131. The van der Waals surface area contributed by atoms with E-state index in [1.165, 1.54) is 12.8 Å². The molecule has 4 rings (SSSR count). The highest BCUT2D eigenvalue weighted by Gasteiger charge is 2.42. The van der Waals surface area contributed by atoms with E-state index in [4.69, 9.17) is 4.74 Å². The van der Waals surface area contributed by atoms with E-state index in [2.05, 4.69) is 10.3 Å². The van der Waals surface area contributed by atoms with Gasteiger partial charge in [-0.05, 0) is 68.0 Å². The fourth-order valence-corrected chi connectivity index (χ4v) is 4.58. The number of aromatic nitrogens is 1. The third-order valence-electron chi connectivity index (χ3n) is 6.58. The molecule has 1 aliphatic heterocycles. The predicted octanol–water partition coefficient (Wildman–Crippen LogP) is 4.42. The smallest absolute Gasteiger partial charge is 0.347 e. The molecule has 5 nitrogen and oxygen atoms in total. The summed E-state index contributed by atoms with van der Waals surface area (Å²) in [6, 6.07) is 23.8. The lowest BCUT2D eigenvalue weighted by Gasteiger charge is -2.29. The van der Waals surface area contributed by atoms with Crippen LogP contribution in [0.5, 0.6) is 0 Å². The summed E-state index contributed by atoms with van der Waals surface area (Å²) in [7, 11) is 0. The van der Waals surface area contributed by atoms with Crippen molar-refractivity contribution in [3.05, 3.63) is 102 Å². The van der Waals surface area contributed by atoms with Gasteiger partial charge in [0.25, 0.3) is 0 Å². The molecule has 33 heavy (non-hydrogen) atoms. The number of hydrogen-bond acceptors (Lipinski definition) is 5. The summed E-state index contributed by atoms with van der Waals surface area (Å²) in [4.78, 5) is 17.9. The Kier molecular flexibility index (Phi) is 7.87. The molecule has 1 aromatic heterocycles. The number of ether oxygens (including phenoxy) is 1. The van der Waals surface area contributed by atoms with Crippen LogP contribution in [0.15, 0.2) is 85.1 Å². The zero-order valence-corrected chi connectivity index (χ0v) is 18.9. The maximum Gasteiger partial charge on any atom is 0.347 e. The van der Waals surface area contributed by atoms with Crippen molar-refractivity contribution in [2.24, 2.45) is 5.92 Å². The van der Waals surface area contributed by atoms with Gasteiger partial charge in [-0.3, -0.25) is 4.98 Å². The number of pyridine rings is 1. The van der Waals surface area contributed by atoms with Crippen molar-refractivity contribution in [1.29, 1.82) is 0 Å². The number of carbonyl (C=O) groups is 1. The van der Waals surface area contributed by atoms with Gasteiger partial charge in [0, 0.05) is 17.8 Å². The Morgan fingerprint density at radius 3 is 2.15 bits per heavy atom. The maximum atomic E-state index is 13.4. The van der Waals surface area contributed by atoms with Crippen LogP contribution in [0.4, 0.5) is 0 Å². The molecule has 1 atom stereocenters. The lowest BCUT2D eigenvalue weighted by atomic mass is 9.86. The minimum Gasteiger partial charge on any atom is -0.462 e. The van der Waals surface area contributed by atoms with Gasteiger partial charge in [-0.2, -0.15) is 0 Å². The van der Waals surface area contributed by atoms with E-state index >= 15 is 0 Å². The van der Waals surface area contributed by atoms with E-state index in [1.807, 2.05) is 54.6 Å². The number of esters is 1. The third-order valence-corrected chi connectivity index (χ3v) is 6.58. The van der Waals surface area contributed by atoms with Gasteiger partial charge in [0.05, 0.1) is 6.61 Å². The van der Waals surface area contributed by atoms with Crippen LogP contribution in [0.3, 0.4) is 0 Å². The van der Waals surface area contributed by atoms with Crippen LogP contribution < -0.4 is 5.32 Å². The molecule has 1 fully saturated rings. The lowest BCUT2D eigenvalue weighted by molar-refractivity contribution is -0.162. The van der Waals surface area contributed by atoms with Gasteiger partial charge in [-0.25, -0.2) is 4.79 Å². The monoisotopic (exact) mass is 444 g/mol. The number of nitrogens with one attached hydrogen (secondary N) is 1. The summed E-state index contributed by atoms with van der Waals surface area (Å²) in [5.41, 5.74) is 0.0319. The summed E-state index contributed by atoms with van der Waals surface area (Å²) < 4.78 is 5.83. The average molecular weight is 445 g/mol. The fraction of sp³-hybridized carbons (Fsp3) is 0.357. The number of piperidine rings is 1. The lowest BCUT2D eigenvalue weighted by Crippen LogP contribution is -2.39. The predicted molar refractivity (Wildman–Crippen MR) is 129 cm³/mol. The Balaban J connectivity index is 1.52. The molecule has 1 unspecified atom stereocenters. The first kappa shape index (κ1) is 23.1. The van der Waals surface area contributed by atoms with Gasteiger partial charge < -0.3 is 15.2 Å². The number of aliphatic hydroxyl groups is 1. The molecule has 0 saturated carbocycles. The van der Waals surface area contributed by atoms with E-state index in [0.717, 1.165) is 31.6 Å². The molecule has 0 radical (unpaired) electrons. The molecule has 5 heteroatoms. The standard InChI is InChI=1S/C28H32N2O3/c31-27(28(32,24-9-3-1-4-10-24)25-11-5-2-6-12-25)33-21-23(26-13-7-8-18-30-26)15-14-22-16-19-29-20-17-22/h1-13,18,22-23,29,32H,14-17,19-21H2. The Bertz CT molecular complexity index is 950.